The summed E-state index contributed by atoms with van der Waals surface area (Å²) in [6.45, 7) is 5.78. The lowest BCUT2D eigenvalue weighted by Gasteiger charge is -2.24. The topological polar surface area (TPSA) is 89.1 Å². The van der Waals surface area contributed by atoms with Crippen LogP contribution in [0.2, 0.25) is 0 Å². The lowest BCUT2D eigenvalue weighted by Crippen LogP contribution is -2.34. The molecule has 0 atom stereocenters. The third kappa shape index (κ3) is 3.04. The van der Waals surface area contributed by atoms with Gasteiger partial charge in [0.05, 0.1) is 34.3 Å². The van der Waals surface area contributed by atoms with Crippen molar-refractivity contribution in [3.05, 3.63) is 52.6 Å². The van der Waals surface area contributed by atoms with E-state index in [4.69, 9.17) is 4.98 Å². The highest BCUT2D eigenvalue weighted by Crippen LogP contribution is 2.29. The number of hydrogen-bond acceptors (Lipinski definition) is 6. The van der Waals surface area contributed by atoms with E-state index < -0.39 is 0 Å². The Labute approximate surface area is 174 Å². The maximum absolute atomic E-state index is 13.3. The Morgan fingerprint density at radius 3 is 2.70 bits per heavy atom. The molecule has 3 aromatic heterocycles. The van der Waals surface area contributed by atoms with Gasteiger partial charge in [0.1, 0.15) is 0 Å². The molecule has 1 aliphatic rings. The number of aromatic nitrogens is 5. The number of benzene rings is 1. The summed E-state index contributed by atoms with van der Waals surface area (Å²) in [7, 11) is 1.83. The van der Waals surface area contributed by atoms with E-state index in [0.29, 0.717) is 10.9 Å². The molecule has 2 N–H and O–H groups in total. The summed E-state index contributed by atoms with van der Waals surface area (Å²) in [6, 6.07) is 4.12. The maximum atomic E-state index is 13.3. The first-order valence-electron chi connectivity index (χ1n) is 10.3. The minimum absolute atomic E-state index is 0.00706. The van der Waals surface area contributed by atoms with E-state index in [-0.39, 0.29) is 11.6 Å². The number of nitrogens with zero attached hydrogens (tertiary/aromatic N) is 5. The van der Waals surface area contributed by atoms with Crippen LogP contribution in [-0.2, 0) is 0 Å². The van der Waals surface area contributed by atoms with Gasteiger partial charge in [0.25, 0.3) is 5.56 Å². The van der Waals surface area contributed by atoms with Crippen molar-refractivity contribution >= 4 is 22.2 Å². The van der Waals surface area contributed by atoms with E-state index in [2.05, 4.69) is 20.6 Å². The fourth-order valence-electron chi connectivity index (χ4n) is 4.36. The average Bonchev–Trinajstić information content (AvgIpc) is 3.14. The number of aryl methyl sites for hydroxylation is 2. The number of imidazole rings is 1. The second-order valence-electron chi connectivity index (χ2n) is 7.93. The fraction of sp³-hybridized carbons (Fsp3) is 0.364. The van der Waals surface area contributed by atoms with Gasteiger partial charge in [-0.25, -0.2) is 15.0 Å². The monoisotopic (exact) mass is 403 g/mol. The second kappa shape index (κ2) is 7.21. The summed E-state index contributed by atoms with van der Waals surface area (Å²) < 4.78 is 3.80. The fourth-order valence-corrected chi connectivity index (χ4v) is 4.36. The van der Waals surface area contributed by atoms with Crippen molar-refractivity contribution in [3.63, 3.8) is 0 Å². The van der Waals surface area contributed by atoms with Gasteiger partial charge in [0.2, 0.25) is 0 Å². The molecule has 0 spiro atoms. The SMILES string of the molecule is CNc1cc(-c2cn3cc(C)nc3c(C)n2)cc2ncn(C3CCNCC3)c(=O)c12. The molecule has 1 aromatic carbocycles. The van der Waals surface area contributed by atoms with E-state index in [1.54, 1.807) is 10.9 Å². The van der Waals surface area contributed by atoms with Crippen LogP contribution < -0.4 is 16.2 Å². The number of anilines is 1. The van der Waals surface area contributed by atoms with Crippen molar-refractivity contribution in [2.75, 3.05) is 25.5 Å². The summed E-state index contributed by atoms with van der Waals surface area (Å²) in [4.78, 5) is 27.3. The Balaban J connectivity index is 1.67. The van der Waals surface area contributed by atoms with Gasteiger partial charge < -0.3 is 15.0 Å². The molecule has 0 saturated carbocycles. The number of rotatable bonds is 3. The van der Waals surface area contributed by atoms with E-state index in [0.717, 1.165) is 59.9 Å². The first-order valence-corrected chi connectivity index (χ1v) is 10.3. The number of nitrogens with one attached hydrogen (secondary N) is 2. The van der Waals surface area contributed by atoms with Crippen LogP contribution in [0.4, 0.5) is 5.69 Å². The number of hydrogen-bond donors (Lipinski definition) is 2. The highest BCUT2D eigenvalue weighted by molar-refractivity contribution is 5.94. The Morgan fingerprint density at radius 1 is 1.13 bits per heavy atom. The second-order valence-corrected chi connectivity index (χ2v) is 7.93. The number of piperidine rings is 1. The Kier molecular flexibility index (Phi) is 4.51. The average molecular weight is 403 g/mol. The standard InChI is InChI=1S/C22H25N7O/c1-13-10-28-11-19(27-14(2)21(28)26-13)15-8-17(23-3)20-18(9-15)25-12-29(22(20)30)16-4-6-24-7-5-16/h8-12,16,23-24H,4-7H2,1-3H3. The van der Waals surface area contributed by atoms with Crippen LogP contribution in [-0.4, -0.2) is 44.1 Å². The predicted molar refractivity (Wildman–Crippen MR) is 118 cm³/mol. The van der Waals surface area contributed by atoms with Crippen molar-refractivity contribution < 1.29 is 0 Å². The zero-order valence-corrected chi connectivity index (χ0v) is 17.4. The molecule has 4 aromatic rings. The molecule has 30 heavy (non-hydrogen) atoms. The highest BCUT2D eigenvalue weighted by Gasteiger charge is 2.19. The van der Waals surface area contributed by atoms with Crippen molar-refractivity contribution in [2.24, 2.45) is 0 Å². The van der Waals surface area contributed by atoms with Gasteiger partial charge in [-0.15, -0.1) is 0 Å². The van der Waals surface area contributed by atoms with Crippen LogP contribution >= 0.6 is 0 Å². The molecule has 1 fully saturated rings. The third-order valence-corrected chi connectivity index (χ3v) is 5.88. The van der Waals surface area contributed by atoms with E-state index in [9.17, 15) is 4.79 Å². The Morgan fingerprint density at radius 2 is 1.93 bits per heavy atom. The summed E-state index contributed by atoms with van der Waals surface area (Å²) in [6.07, 6.45) is 7.54. The van der Waals surface area contributed by atoms with Crippen molar-refractivity contribution in [1.82, 2.24) is 29.2 Å². The Bertz CT molecular complexity index is 1310. The Hall–Kier alpha value is -3.26. The van der Waals surface area contributed by atoms with Crippen molar-refractivity contribution in [1.29, 1.82) is 0 Å². The largest absolute Gasteiger partial charge is 0.387 e. The minimum atomic E-state index is 0.00706. The molecule has 4 heterocycles. The zero-order chi connectivity index (χ0) is 20.8. The van der Waals surface area contributed by atoms with Gasteiger partial charge in [-0.2, -0.15) is 0 Å². The first-order chi connectivity index (χ1) is 14.5. The summed E-state index contributed by atoms with van der Waals surface area (Å²) in [5.74, 6) is 0. The quantitative estimate of drug-likeness (QED) is 0.547. The van der Waals surface area contributed by atoms with Gasteiger partial charge >= 0.3 is 0 Å². The van der Waals surface area contributed by atoms with Crippen LogP contribution in [0.25, 0.3) is 27.8 Å². The molecular weight excluding hydrogens is 378 g/mol. The molecule has 154 valence electrons. The lowest BCUT2D eigenvalue weighted by molar-refractivity contribution is 0.359. The molecule has 8 heteroatoms. The molecular formula is C22H25N7O. The van der Waals surface area contributed by atoms with Crippen molar-refractivity contribution in [3.8, 4) is 11.3 Å². The minimum Gasteiger partial charge on any atom is -0.387 e. The molecule has 0 radical (unpaired) electrons. The summed E-state index contributed by atoms with van der Waals surface area (Å²) in [5.41, 5.74) is 5.85. The van der Waals surface area contributed by atoms with Crippen LogP contribution in [0.15, 0.2) is 35.6 Å². The molecule has 1 saturated heterocycles. The maximum Gasteiger partial charge on any atom is 0.263 e. The normalized spacial score (nSPS) is 15.2. The summed E-state index contributed by atoms with van der Waals surface area (Å²) in [5, 5.41) is 7.16. The van der Waals surface area contributed by atoms with E-state index >= 15 is 0 Å². The van der Waals surface area contributed by atoms with E-state index in [1.165, 1.54) is 0 Å². The highest BCUT2D eigenvalue weighted by atomic mass is 16.1. The molecule has 0 bridgehead atoms. The summed E-state index contributed by atoms with van der Waals surface area (Å²) >= 11 is 0. The predicted octanol–water partition coefficient (Wildman–Crippen LogP) is 2.69. The van der Waals surface area contributed by atoms with Crippen LogP contribution in [0.1, 0.15) is 30.3 Å². The van der Waals surface area contributed by atoms with Gasteiger partial charge in [0.15, 0.2) is 5.65 Å². The van der Waals surface area contributed by atoms with Crippen LogP contribution in [0.5, 0.6) is 0 Å². The number of fused-ring (bicyclic) bond motifs is 2. The van der Waals surface area contributed by atoms with Gasteiger partial charge in [-0.05, 0) is 51.9 Å². The van der Waals surface area contributed by atoms with E-state index in [1.807, 2.05) is 49.8 Å². The first kappa shape index (κ1) is 18.7. The van der Waals surface area contributed by atoms with Gasteiger partial charge in [-0.3, -0.25) is 9.36 Å². The van der Waals surface area contributed by atoms with Gasteiger partial charge in [-0.1, -0.05) is 0 Å². The molecule has 0 aliphatic carbocycles. The molecule has 0 unspecified atom stereocenters. The smallest absolute Gasteiger partial charge is 0.263 e. The van der Waals surface area contributed by atoms with Crippen LogP contribution in [0, 0.1) is 13.8 Å². The molecule has 1 aliphatic heterocycles. The van der Waals surface area contributed by atoms with Crippen molar-refractivity contribution in [2.45, 2.75) is 32.7 Å². The molecule has 5 rings (SSSR count). The zero-order valence-electron chi connectivity index (χ0n) is 17.4. The lowest BCUT2D eigenvalue weighted by atomic mass is 10.0. The van der Waals surface area contributed by atoms with Gasteiger partial charge in [0, 0.05) is 36.7 Å². The molecule has 8 nitrogen and oxygen atoms in total. The van der Waals surface area contributed by atoms with Crippen LogP contribution in [0.3, 0.4) is 0 Å². The molecule has 0 amide bonds. The third-order valence-electron chi connectivity index (χ3n) is 5.88.